The smallest absolute Gasteiger partial charge is 0.431 e. The lowest BCUT2D eigenvalue weighted by Gasteiger charge is -2.13. The number of nitrogens with one attached hydrogen (secondary N) is 1. The third kappa shape index (κ3) is 3.84. The second-order valence-corrected chi connectivity index (χ2v) is 8.28. The van der Waals surface area contributed by atoms with E-state index in [0.29, 0.717) is 17.2 Å². The van der Waals surface area contributed by atoms with Crippen LogP contribution in [0.4, 0.5) is 17.2 Å². The zero-order chi connectivity index (χ0) is 24.0. The number of rotatable bonds is 5. The summed E-state index contributed by atoms with van der Waals surface area (Å²) in [4.78, 5) is 20.3. The second-order valence-electron chi connectivity index (χ2n) is 8.28. The normalized spacial score (nSPS) is 11.2. The van der Waals surface area contributed by atoms with E-state index in [-0.39, 0.29) is 5.69 Å². The van der Waals surface area contributed by atoms with Gasteiger partial charge in [0.25, 0.3) is 5.69 Å². The van der Waals surface area contributed by atoms with Crippen LogP contribution in [0.25, 0.3) is 33.2 Å². The first-order valence-electron chi connectivity index (χ1n) is 10.8. The highest BCUT2D eigenvalue weighted by Gasteiger charge is 2.15. The van der Waals surface area contributed by atoms with Crippen LogP contribution >= 0.6 is 0 Å². The molecule has 2 N–H and O–H groups in total. The number of fused-ring (bicyclic) bond motifs is 2. The number of nitrogens with zero attached hydrogens (tertiary/aromatic N) is 5. The third-order valence-electron chi connectivity index (χ3n) is 5.84. The Morgan fingerprint density at radius 1 is 1.06 bits per heavy atom. The fourth-order valence-corrected chi connectivity index (χ4v) is 3.94. The molecule has 0 aliphatic rings. The predicted octanol–water partition coefficient (Wildman–Crippen LogP) is 4.87. The standard InChI is InChI=1S/C24H21BN6O3/c1-14-9-20-21(10-15(14)2)28-23(16-5-4-6-19(12-16)31(33)34)29-24(20)27-18-7-8-22-17(11-18)13-26-30(22)25(3)32/h4-13,32H,1-3H3,(H,27,28,29). The number of hydrogen-bond donors (Lipinski definition) is 2. The van der Waals surface area contributed by atoms with Crippen molar-refractivity contribution in [3.63, 3.8) is 0 Å². The highest BCUT2D eigenvalue weighted by atomic mass is 16.6. The molecule has 0 fully saturated rings. The molecule has 2 aromatic heterocycles. The zero-order valence-corrected chi connectivity index (χ0v) is 18.9. The van der Waals surface area contributed by atoms with Crippen molar-refractivity contribution in [2.45, 2.75) is 20.7 Å². The number of anilines is 2. The van der Waals surface area contributed by atoms with Crippen molar-refractivity contribution in [3.8, 4) is 11.4 Å². The molecule has 34 heavy (non-hydrogen) atoms. The van der Waals surface area contributed by atoms with Gasteiger partial charge in [-0.05, 0) is 62.1 Å². The first-order chi connectivity index (χ1) is 16.3. The van der Waals surface area contributed by atoms with E-state index in [1.54, 1.807) is 29.7 Å². The van der Waals surface area contributed by atoms with Crippen LogP contribution in [-0.4, -0.2) is 36.7 Å². The van der Waals surface area contributed by atoms with Gasteiger partial charge in [0.1, 0.15) is 5.82 Å². The number of non-ortho nitro benzene ring substituents is 1. The topological polar surface area (TPSA) is 119 Å². The molecule has 0 saturated heterocycles. The second kappa shape index (κ2) is 8.24. The summed E-state index contributed by atoms with van der Waals surface area (Å²) < 4.78 is 1.55. The Balaban J connectivity index is 1.64. The number of hydrogen-bond acceptors (Lipinski definition) is 7. The average Bonchev–Trinajstić information content (AvgIpc) is 3.24. The minimum Gasteiger partial charge on any atom is -0.431 e. The van der Waals surface area contributed by atoms with Crippen LogP contribution in [-0.2, 0) is 0 Å². The fourth-order valence-electron chi connectivity index (χ4n) is 3.94. The highest BCUT2D eigenvalue weighted by molar-refractivity contribution is 6.47. The Kier molecular flexibility index (Phi) is 5.22. The maximum atomic E-state index is 11.3. The van der Waals surface area contributed by atoms with Crippen molar-refractivity contribution in [2.24, 2.45) is 0 Å². The minimum atomic E-state index is -0.731. The van der Waals surface area contributed by atoms with Crippen LogP contribution in [0.2, 0.25) is 6.82 Å². The Labute approximate surface area is 195 Å². The van der Waals surface area contributed by atoms with Crippen molar-refractivity contribution in [2.75, 3.05) is 5.32 Å². The van der Waals surface area contributed by atoms with Gasteiger partial charge >= 0.3 is 7.05 Å². The molecule has 0 saturated carbocycles. The van der Waals surface area contributed by atoms with Crippen LogP contribution in [0.5, 0.6) is 0 Å². The molecule has 5 rings (SSSR count). The molecule has 168 valence electrons. The van der Waals surface area contributed by atoms with Gasteiger partial charge in [-0.25, -0.2) is 9.97 Å². The van der Waals surface area contributed by atoms with E-state index in [4.69, 9.17) is 9.97 Å². The lowest BCUT2D eigenvalue weighted by Crippen LogP contribution is -2.20. The largest absolute Gasteiger partial charge is 0.431 e. The molecule has 0 aliphatic heterocycles. The van der Waals surface area contributed by atoms with E-state index in [9.17, 15) is 15.1 Å². The predicted molar refractivity (Wildman–Crippen MR) is 133 cm³/mol. The number of nitro benzene ring substituents is 1. The van der Waals surface area contributed by atoms with Crippen molar-refractivity contribution < 1.29 is 9.95 Å². The molecule has 0 bridgehead atoms. The molecule has 9 nitrogen and oxygen atoms in total. The van der Waals surface area contributed by atoms with Crippen LogP contribution in [0.1, 0.15) is 11.1 Å². The summed E-state index contributed by atoms with van der Waals surface area (Å²) in [7, 11) is -0.731. The summed E-state index contributed by atoms with van der Waals surface area (Å²) in [6.45, 7) is 5.71. The van der Waals surface area contributed by atoms with Gasteiger partial charge in [-0.2, -0.15) is 5.10 Å². The molecular weight excluding hydrogens is 431 g/mol. The molecule has 5 aromatic rings. The number of benzene rings is 3. The molecule has 0 unspecified atom stereocenters. The number of aryl methyl sites for hydroxylation is 2. The Bertz CT molecular complexity index is 1580. The first kappa shape index (κ1) is 21.5. The Hall–Kier alpha value is -4.31. The molecular formula is C24H21BN6O3. The fraction of sp³-hybridized carbons (Fsp3) is 0.125. The lowest BCUT2D eigenvalue weighted by molar-refractivity contribution is -0.384. The Morgan fingerprint density at radius 2 is 1.85 bits per heavy atom. The Morgan fingerprint density at radius 3 is 2.62 bits per heavy atom. The first-order valence-corrected chi connectivity index (χ1v) is 10.8. The molecule has 3 aromatic carbocycles. The van der Waals surface area contributed by atoms with E-state index in [1.165, 1.54) is 12.1 Å². The molecule has 0 aliphatic carbocycles. The molecule has 10 heteroatoms. The monoisotopic (exact) mass is 452 g/mol. The molecule has 0 amide bonds. The summed E-state index contributed by atoms with van der Waals surface area (Å²) in [5.41, 5.74) is 5.09. The van der Waals surface area contributed by atoms with Crippen LogP contribution in [0.3, 0.4) is 0 Å². The maximum Gasteiger partial charge on any atom is 0.431 e. The summed E-state index contributed by atoms with van der Waals surface area (Å²) >= 11 is 0. The van der Waals surface area contributed by atoms with Crippen LogP contribution in [0, 0.1) is 24.0 Å². The van der Waals surface area contributed by atoms with Gasteiger partial charge < -0.3 is 10.3 Å². The van der Waals surface area contributed by atoms with E-state index in [1.807, 2.05) is 44.2 Å². The van der Waals surface area contributed by atoms with Crippen molar-refractivity contribution in [3.05, 3.63) is 82.0 Å². The molecule has 0 atom stereocenters. The van der Waals surface area contributed by atoms with Crippen molar-refractivity contribution in [1.82, 2.24) is 19.7 Å². The lowest BCUT2D eigenvalue weighted by atomic mass is 9.89. The highest BCUT2D eigenvalue weighted by Crippen LogP contribution is 2.31. The minimum absolute atomic E-state index is 0.0173. The average molecular weight is 452 g/mol. The summed E-state index contributed by atoms with van der Waals surface area (Å²) in [6, 6.07) is 16.0. The van der Waals surface area contributed by atoms with E-state index in [2.05, 4.69) is 10.4 Å². The van der Waals surface area contributed by atoms with Gasteiger partial charge in [0.05, 0.1) is 22.2 Å². The quantitative estimate of drug-likeness (QED) is 0.222. The van der Waals surface area contributed by atoms with Crippen LogP contribution < -0.4 is 5.32 Å². The summed E-state index contributed by atoms with van der Waals surface area (Å²) in [5.74, 6) is 0.988. The van der Waals surface area contributed by atoms with Gasteiger partial charge in [0.2, 0.25) is 0 Å². The van der Waals surface area contributed by atoms with Gasteiger partial charge in [0, 0.05) is 34.2 Å². The van der Waals surface area contributed by atoms with Crippen LogP contribution in [0.15, 0.2) is 60.8 Å². The van der Waals surface area contributed by atoms with Crippen molar-refractivity contribution >= 4 is 46.0 Å². The molecule has 0 radical (unpaired) electrons. The summed E-state index contributed by atoms with van der Waals surface area (Å²) in [6.07, 6.45) is 1.70. The number of aromatic nitrogens is 4. The van der Waals surface area contributed by atoms with Gasteiger partial charge in [-0.3, -0.25) is 14.7 Å². The van der Waals surface area contributed by atoms with Gasteiger partial charge in [-0.15, -0.1) is 0 Å². The number of nitro groups is 1. The zero-order valence-electron chi connectivity index (χ0n) is 18.9. The maximum absolute atomic E-state index is 11.3. The third-order valence-corrected chi connectivity index (χ3v) is 5.84. The SMILES string of the molecule is CB(O)n1ncc2cc(Nc3nc(-c4cccc([N+](=O)[O-])c4)nc4cc(C)c(C)cc34)ccc21. The van der Waals surface area contributed by atoms with E-state index >= 15 is 0 Å². The van der Waals surface area contributed by atoms with Gasteiger partial charge in [0.15, 0.2) is 5.82 Å². The summed E-state index contributed by atoms with van der Waals surface area (Å²) in [5, 5.41) is 30.5. The molecule has 2 heterocycles. The van der Waals surface area contributed by atoms with Crippen molar-refractivity contribution in [1.29, 1.82) is 0 Å². The molecule has 0 spiro atoms. The van der Waals surface area contributed by atoms with E-state index in [0.717, 1.165) is 38.6 Å². The van der Waals surface area contributed by atoms with Gasteiger partial charge in [-0.1, -0.05) is 12.1 Å². The van der Waals surface area contributed by atoms with E-state index < -0.39 is 12.0 Å².